The van der Waals surface area contributed by atoms with Gasteiger partial charge in [0.15, 0.2) is 0 Å². The molecule has 7 heteroatoms. The van der Waals surface area contributed by atoms with Gasteiger partial charge in [-0.25, -0.2) is 0 Å². The van der Waals surface area contributed by atoms with Gasteiger partial charge in [-0.1, -0.05) is 12.1 Å². The molecule has 1 saturated heterocycles. The van der Waals surface area contributed by atoms with Gasteiger partial charge >= 0.3 is 0 Å². The molecule has 24 heavy (non-hydrogen) atoms. The normalized spacial score (nSPS) is 20.0. The molecule has 0 spiro atoms. The summed E-state index contributed by atoms with van der Waals surface area (Å²) in [6.07, 6.45) is 3.64. The van der Waals surface area contributed by atoms with Crippen molar-refractivity contribution in [1.29, 1.82) is 0 Å². The van der Waals surface area contributed by atoms with Crippen LogP contribution in [0.2, 0.25) is 0 Å². The van der Waals surface area contributed by atoms with Gasteiger partial charge in [0.2, 0.25) is 11.8 Å². The highest BCUT2D eigenvalue weighted by Crippen LogP contribution is 2.24. The van der Waals surface area contributed by atoms with Crippen LogP contribution in [0.3, 0.4) is 0 Å². The van der Waals surface area contributed by atoms with Crippen molar-refractivity contribution in [2.24, 2.45) is 5.92 Å². The predicted molar refractivity (Wildman–Crippen MR) is 102 cm³/mol. The summed E-state index contributed by atoms with van der Waals surface area (Å²) < 4.78 is 0. The lowest BCUT2D eigenvalue weighted by molar-refractivity contribution is -0.137. The fourth-order valence-corrected chi connectivity index (χ4v) is 3.45. The SMILES string of the molecule is CSc1ccccc1NC(=O)CN(C)C(=O)[C@H]1CCN[C@@H](C)C1.Cl. The Kier molecular flexibility index (Phi) is 8.59. The highest BCUT2D eigenvalue weighted by Gasteiger charge is 2.27. The second kappa shape index (κ2) is 9.91. The van der Waals surface area contributed by atoms with Gasteiger partial charge in [0.25, 0.3) is 0 Å². The van der Waals surface area contributed by atoms with Crippen molar-refractivity contribution in [3.8, 4) is 0 Å². The number of anilines is 1. The minimum atomic E-state index is -0.163. The maximum atomic E-state index is 12.5. The van der Waals surface area contributed by atoms with Crippen LogP contribution in [0.15, 0.2) is 29.2 Å². The molecule has 1 aliphatic heterocycles. The Hall–Kier alpha value is -1.24. The first-order valence-electron chi connectivity index (χ1n) is 7.92. The molecule has 2 atom stereocenters. The van der Waals surface area contributed by atoms with E-state index in [1.807, 2.05) is 30.5 Å². The summed E-state index contributed by atoms with van der Waals surface area (Å²) in [6, 6.07) is 8.02. The largest absolute Gasteiger partial charge is 0.336 e. The average molecular weight is 372 g/mol. The fourth-order valence-electron chi connectivity index (χ4n) is 2.90. The summed E-state index contributed by atoms with van der Waals surface area (Å²) in [7, 11) is 1.70. The summed E-state index contributed by atoms with van der Waals surface area (Å²) >= 11 is 1.58. The first-order valence-corrected chi connectivity index (χ1v) is 9.15. The number of para-hydroxylation sites is 1. The van der Waals surface area contributed by atoms with E-state index in [4.69, 9.17) is 0 Å². The predicted octanol–water partition coefficient (Wildman–Crippen LogP) is 2.62. The summed E-state index contributed by atoms with van der Waals surface area (Å²) in [6.45, 7) is 3.03. The second-order valence-electron chi connectivity index (χ2n) is 6.02. The molecule has 0 radical (unpaired) electrons. The number of nitrogens with one attached hydrogen (secondary N) is 2. The molecule has 0 saturated carbocycles. The van der Waals surface area contributed by atoms with Gasteiger partial charge in [-0.05, 0) is 44.7 Å². The first kappa shape index (κ1) is 20.8. The Morgan fingerprint density at radius 2 is 2.08 bits per heavy atom. The smallest absolute Gasteiger partial charge is 0.244 e. The van der Waals surface area contributed by atoms with Crippen molar-refractivity contribution in [2.45, 2.75) is 30.7 Å². The van der Waals surface area contributed by atoms with E-state index < -0.39 is 0 Å². The van der Waals surface area contributed by atoms with Crippen LogP contribution in [-0.2, 0) is 9.59 Å². The molecule has 134 valence electrons. The van der Waals surface area contributed by atoms with Gasteiger partial charge in [-0.2, -0.15) is 0 Å². The Labute approximate surface area is 154 Å². The van der Waals surface area contributed by atoms with E-state index in [-0.39, 0.29) is 36.7 Å². The molecule has 2 rings (SSSR count). The van der Waals surface area contributed by atoms with Crippen molar-refractivity contribution in [1.82, 2.24) is 10.2 Å². The number of hydrogen-bond donors (Lipinski definition) is 2. The van der Waals surface area contributed by atoms with Crippen LogP contribution in [0.5, 0.6) is 0 Å². The van der Waals surface area contributed by atoms with E-state index in [9.17, 15) is 9.59 Å². The molecule has 1 heterocycles. The third-order valence-electron chi connectivity index (χ3n) is 4.11. The summed E-state index contributed by atoms with van der Waals surface area (Å²) in [5.41, 5.74) is 0.793. The number of hydrogen-bond acceptors (Lipinski definition) is 4. The lowest BCUT2D eigenvalue weighted by Crippen LogP contribution is -2.44. The monoisotopic (exact) mass is 371 g/mol. The van der Waals surface area contributed by atoms with E-state index in [2.05, 4.69) is 17.6 Å². The van der Waals surface area contributed by atoms with Gasteiger partial charge < -0.3 is 15.5 Å². The highest BCUT2D eigenvalue weighted by molar-refractivity contribution is 7.98. The van der Waals surface area contributed by atoms with Crippen molar-refractivity contribution in [3.05, 3.63) is 24.3 Å². The fraction of sp³-hybridized carbons (Fsp3) is 0.529. The number of carbonyl (C=O) groups is 2. The number of benzene rings is 1. The number of nitrogens with zero attached hydrogens (tertiary/aromatic N) is 1. The van der Waals surface area contributed by atoms with E-state index in [0.717, 1.165) is 30.0 Å². The molecular weight excluding hydrogens is 346 g/mol. The third kappa shape index (κ3) is 5.69. The maximum absolute atomic E-state index is 12.5. The molecule has 0 unspecified atom stereocenters. The second-order valence-corrected chi connectivity index (χ2v) is 6.87. The minimum absolute atomic E-state index is 0. The standard InChI is InChI=1S/C17H25N3O2S.ClH/c1-12-10-13(8-9-18-12)17(22)20(2)11-16(21)19-14-6-4-5-7-15(14)23-3;/h4-7,12-13,18H,8-11H2,1-3H3,(H,19,21);1H/t12-,13-;/m0./s1. The molecule has 2 amide bonds. The van der Waals surface area contributed by atoms with Gasteiger partial charge in [0, 0.05) is 23.9 Å². The van der Waals surface area contributed by atoms with Crippen molar-refractivity contribution in [3.63, 3.8) is 0 Å². The van der Waals surface area contributed by atoms with Gasteiger partial charge in [0.05, 0.1) is 12.2 Å². The first-order chi connectivity index (χ1) is 11.0. The average Bonchev–Trinajstić information content (AvgIpc) is 2.54. The van der Waals surface area contributed by atoms with Crippen LogP contribution >= 0.6 is 24.2 Å². The Morgan fingerprint density at radius 1 is 1.38 bits per heavy atom. The molecule has 2 N–H and O–H groups in total. The third-order valence-corrected chi connectivity index (χ3v) is 4.91. The number of piperidine rings is 1. The van der Waals surface area contributed by atoms with E-state index in [1.54, 1.807) is 23.7 Å². The number of likely N-dealkylation sites (N-methyl/N-ethyl adjacent to an activating group) is 1. The molecular formula is C17H26ClN3O2S. The van der Waals surface area contributed by atoms with Gasteiger partial charge in [-0.15, -0.1) is 24.2 Å². The van der Waals surface area contributed by atoms with Crippen LogP contribution < -0.4 is 10.6 Å². The number of halogens is 1. The quantitative estimate of drug-likeness (QED) is 0.781. The maximum Gasteiger partial charge on any atom is 0.244 e. The van der Waals surface area contributed by atoms with E-state index >= 15 is 0 Å². The van der Waals surface area contributed by atoms with Crippen molar-refractivity contribution >= 4 is 41.7 Å². The molecule has 0 aromatic heterocycles. The molecule has 1 fully saturated rings. The van der Waals surface area contributed by atoms with Crippen LogP contribution in [0, 0.1) is 5.92 Å². The van der Waals surface area contributed by atoms with Crippen LogP contribution in [0.4, 0.5) is 5.69 Å². The highest BCUT2D eigenvalue weighted by atomic mass is 35.5. The summed E-state index contributed by atoms with van der Waals surface area (Å²) in [5, 5.41) is 6.23. The lowest BCUT2D eigenvalue weighted by atomic mass is 9.92. The number of amides is 2. The van der Waals surface area contributed by atoms with Crippen molar-refractivity contribution < 1.29 is 9.59 Å². The zero-order valence-corrected chi connectivity index (χ0v) is 16.0. The van der Waals surface area contributed by atoms with E-state index in [0.29, 0.717) is 6.04 Å². The van der Waals surface area contributed by atoms with Crippen molar-refractivity contribution in [2.75, 3.05) is 31.7 Å². The van der Waals surface area contributed by atoms with Gasteiger partial charge in [-0.3, -0.25) is 9.59 Å². The molecule has 1 aromatic rings. The number of thioether (sulfide) groups is 1. The lowest BCUT2D eigenvalue weighted by Gasteiger charge is -2.30. The minimum Gasteiger partial charge on any atom is -0.336 e. The Morgan fingerprint density at radius 3 is 2.75 bits per heavy atom. The Balaban J connectivity index is 0.00000288. The molecule has 5 nitrogen and oxygen atoms in total. The Bertz CT molecular complexity index is 571. The zero-order chi connectivity index (χ0) is 16.8. The number of carbonyl (C=O) groups excluding carboxylic acids is 2. The summed E-state index contributed by atoms with van der Waals surface area (Å²) in [5.74, 6) is -0.0847. The summed E-state index contributed by atoms with van der Waals surface area (Å²) in [4.78, 5) is 27.2. The molecule has 0 aliphatic carbocycles. The molecule has 0 bridgehead atoms. The van der Waals surface area contributed by atoms with Crippen LogP contribution in [0.1, 0.15) is 19.8 Å². The van der Waals surface area contributed by atoms with Crippen LogP contribution in [0.25, 0.3) is 0 Å². The topological polar surface area (TPSA) is 61.4 Å². The molecule has 1 aromatic carbocycles. The zero-order valence-electron chi connectivity index (χ0n) is 14.4. The van der Waals surface area contributed by atoms with E-state index in [1.165, 1.54) is 0 Å². The number of rotatable bonds is 5. The van der Waals surface area contributed by atoms with Crippen LogP contribution in [-0.4, -0.2) is 49.1 Å². The van der Waals surface area contributed by atoms with Gasteiger partial charge in [0.1, 0.15) is 0 Å². The molecule has 1 aliphatic rings.